The summed E-state index contributed by atoms with van der Waals surface area (Å²) in [5.74, 6) is 0.101. The summed E-state index contributed by atoms with van der Waals surface area (Å²) in [6.45, 7) is 11.0. The first-order valence-corrected chi connectivity index (χ1v) is 10.8. The van der Waals surface area contributed by atoms with Gasteiger partial charge in [-0.05, 0) is 64.4 Å². The van der Waals surface area contributed by atoms with Crippen molar-refractivity contribution in [2.75, 3.05) is 25.0 Å². The molecule has 0 fully saturated rings. The third kappa shape index (κ3) is 5.65. The van der Waals surface area contributed by atoms with Crippen LogP contribution in [0.5, 0.6) is 0 Å². The van der Waals surface area contributed by atoms with Crippen LogP contribution in [0.15, 0.2) is 36.5 Å². The first kappa shape index (κ1) is 22.4. The molecule has 0 atom stereocenters. The fraction of sp³-hybridized carbons (Fsp3) is 0.435. The molecule has 31 heavy (non-hydrogen) atoms. The number of fused-ring (bicyclic) bond motifs is 1. The van der Waals surface area contributed by atoms with E-state index in [4.69, 9.17) is 0 Å². The number of nitrogens with zero attached hydrogens (tertiary/aromatic N) is 4. The van der Waals surface area contributed by atoms with Gasteiger partial charge in [-0.15, -0.1) is 0 Å². The Balaban J connectivity index is 1.51. The molecule has 1 aromatic carbocycles. The highest BCUT2D eigenvalue weighted by atomic mass is 16.2. The Labute approximate surface area is 183 Å². The Morgan fingerprint density at radius 3 is 2.55 bits per heavy atom. The smallest absolute Gasteiger partial charge is 0.319 e. The zero-order valence-corrected chi connectivity index (χ0v) is 18.8. The van der Waals surface area contributed by atoms with Crippen molar-refractivity contribution in [1.29, 1.82) is 0 Å². The summed E-state index contributed by atoms with van der Waals surface area (Å²) in [4.78, 5) is 26.4. The number of nitrogens with one attached hydrogen (secondary N) is 2. The zero-order chi connectivity index (χ0) is 22.4. The predicted molar refractivity (Wildman–Crippen MR) is 123 cm³/mol. The minimum Gasteiger partial charge on any atom is -0.342 e. The normalized spacial score (nSPS) is 11.0. The molecule has 2 heterocycles. The summed E-state index contributed by atoms with van der Waals surface area (Å²) >= 11 is 0. The van der Waals surface area contributed by atoms with E-state index in [0.717, 1.165) is 40.9 Å². The molecule has 0 unspecified atom stereocenters. The van der Waals surface area contributed by atoms with E-state index in [2.05, 4.69) is 15.7 Å². The largest absolute Gasteiger partial charge is 0.342 e. The molecule has 166 valence electrons. The molecule has 0 spiro atoms. The lowest BCUT2D eigenvalue weighted by Crippen LogP contribution is -2.33. The summed E-state index contributed by atoms with van der Waals surface area (Å²) in [5.41, 5.74) is 3.82. The number of hydrogen-bond donors (Lipinski definition) is 2. The maximum absolute atomic E-state index is 12.4. The van der Waals surface area contributed by atoms with Gasteiger partial charge in [0.2, 0.25) is 5.91 Å². The van der Waals surface area contributed by atoms with E-state index in [1.807, 2.05) is 78.4 Å². The van der Waals surface area contributed by atoms with Gasteiger partial charge in [-0.1, -0.05) is 0 Å². The number of carbonyl (C=O) groups excluding carboxylic acids is 2. The molecule has 0 aliphatic heterocycles. The number of likely N-dealkylation sites (N-methyl/N-ethyl adjacent to an activating group) is 1. The second-order valence-corrected chi connectivity index (χ2v) is 7.67. The number of amides is 3. The van der Waals surface area contributed by atoms with Gasteiger partial charge < -0.3 is 20.1 Å². The number of anilines is 1. The Hall–Kier alpha value is -3.29. The molecule has 3 aromatic rings. The molecule has 8 heteroatoms. The molecule has 0 saturated heterocycles. The number of urea groups is 1. The Kier molecular flexibility index (Phi) is 7.33. The number of benzene rings is 1. The van der Waals surface area contributed by atoms with E-state index in [-0.39, 0.29) is 11.9 Å². The minimum absolute atomic E-state index is 0.101. The fourth-order valence-corrected chi connectivity index (χ4v) is 3.75. The Morgan fingerprint density at radius 1 is 1.10 bits per heavy atom. The van der Waals surface area contributed by atoms with Crippen LogP contribution >= 0.6 is 0 Å². The molecule has 2 aromatic heterocycles. The fourth-order valence-electron chi connectivity index (χ4n) is 3.75. The molecule has 0 aliphatic carbocycles. The van der Waals surface area contributed by atoms with Crippen molar-refractivity contribution in [2.24, 2.45) is 0 Å². The summed E-state index contributed by atoms with van der Waals surface area (Å²) in [6, 6.07) is 9.48. The van der Waals surface area contributed by atoms with Crippen molar-refractivity contribution in [2.45, 2.75) is 47.2 Å². The van der Waals surface area contributed by atoms with Crippen LogP contribution in [0.1, 0.15) is 31.7 Å². The molecule has 3 amide bonds. The number of rotatable bonds is 9. The van der Waals surface area contributed by atoms with Crippen LogP contribution in [-0.4, -0.2) is 50.8 Å². The van der Waals surface area contributed by atoms with Gasteiger partial charge in [-0.2, -0.15) is 5.10 Å². The molecule has 0 bridgehead atoms. The van der Waals surface area contributed by atoms with Crippen molar-refractivity contribution >= 4 is 28.5 Å². The van der Waals surface area contributed by atoms with Crippen LogP contribution in [0, 0.1) is 13.8 Å². The second-order valence-electron chi connectivity index (χ2n) is 7.67. The molecule has 0 aliphatic rings. The van der Waals surface area contributed by atoms with Crippen molar-refractivity contribution in [3.8, 4) is 0 Å². The van der Waals surface area contributed by atoms with Gasteiger partial charge in [-0.3, -0.25) is 9.48 Å². The zero-order valence-electron chi connectivity index (χ0n) is 18.8. The molecule has 8 nitrogen and oxygen atoms in total. The van der Waals surface area contributed by atoms with E-state index in [1.165, 1.54) is 0 Å². The lowest BCUT2D eigenvalue weighted by molar-refractivity contribution is -0.131. The lowest BCUT2D eigenvalue weighted by atomic mass is 10.2. The maximum atomic E-state index is 12.4. The van der Waals surface area contributed by atoms with Gasteiger partial charge in [0.25, 0.3) is 0 Å². The van der Waals surface area contributed by atoms with Crippen molar-refractivity contribution in [3.05, 3.63) is 47.9 Å². The minimum atomic E-state index is -0.233. The summed E-state index contributed by atoms with van der Waals surface area (Å²) in [6.07, 6.45) is 2.72. The SMILES string of the molecule is CCN(CC)C(=O)Cn1ccc2cc(NC(=O)NCCCn3nc(C)cc3C)ccc21. The quantitative estimate of drug-likeness (QED) is 0.516. The summed E-state index contributed by atoms with van der Waals surface area (Å²) in [5, 5.41) is 11.2. The Morgan fingerprint density at radius 2 is 1.87 bits per heavy atom. The average Bonchev–Trinajstić information content (AvgIpc) is 3.27. The molecular formula is C23H32N6O2. The second kappa shape index (κ2) is 10.1. The average molecular weight is 425 g/mol. The highest BCUT2D eigenvalue weighted by molar-refractivity contribution is 5.93. The number of aryl methyl sites for hydroxylation is 3. The van der Waals surface area contributed by atoms with E-state index in [0.29, 0.717) is 26.2 Å². The van der Waals surface area contributed by atoms with Crippen LogP contribution in [-0.2, 0) is 17.9 Å². The summed E-state index contributed by atoms with van der Waals surface area (Å²) < 4.78 is 3.90. The third-order valence-electron chi connectivity index (χ3n) is 5.39. The van der Waals surface area contributed by atoms with Crippen LogP contribution in [0.3, 0.4) is 0 Å². The highest BCUT2D eigenvalue weighted by Gasteiger charge is 2.12. The van der Waals surface area contributed by atoms with Gasteiger partial charge in [0.05, 0.1) is 5.69 Å². The number of aromatic nitrogens is 3. The maximum Gasteiger partial charge on any atom is 0.319 e. The van der Waals surface area contributed by atoms with Gasteiger partial charge in [-0.25, -0.2) is 4.79 Å². The Bertz CT molecular complexity index is 1050. The highest BCUT2D eigenvalue weighted by Crippen LogP contribution is 2.21. The molecular weight excluding hydrogens is 392 g/mol. The van der Waals surface area contributed by atoms with Crippen LogP contribution in [0.25, 0.3) is 10.9 Å². The van der Waals surface area contributed by atoms with Gasteiger partial charge in [0.1, 0.15) is 6.54 Å². The number of hydrogen-bond acceptors (Lipinski definition) is 3. The predicted octanol–water partition coefficient (Wildman–Crippen LogP) is 3.53. The van der Waals surface area contributed by atoms with Gasteiger partial charge in [0.15, 0.2) is 0 Å². The first-order chi connectivity index (χ1) is 14.9. The molecule has 3 rings (SSSR count). The monoisotopic (exact) mass is 424 g/mol. The standard InChI is InChI=1S/C23H32N6O2/c1-5-27(6-2)22(30)16-28-13-10-19-15-20(8-9-21(19)28)25-23(31)24-11-7-12-29-18(4)14-17(3)26-29/h8-10,13-15H,5-7,11-12,16H2,1-4H3,(H2,24,25,31). The summed E-state index contributed by atoms with van der Waals surface area (Å²) in [7, 11) is 0. The van der Waals surface area contributed by atoms with Crippen LogP contribution in [0.4, 0.5) is 10.5 Å². The van der Waals surface area contributed by atoms with E-state index in [1.54, 1.807) is 0 Å². The van der Waals surface area contributed by atoms with Crippen molar-refractivity contribution in [3.63, 3.8) is 0 Å². The van der Waals surface area contributed by atoms with Gasteiger partial charge >= 0.3 is 6.03 Å². The molecule has 2 N–H and O–H groups in total. The third-order valence-corrected chi connectivity index (χ3v) is 5.39. The van der Waals surface area contributed by atoms with Crippen LogP contribution in [0.2, 0.25) is 0 Å². The van der Waals surface area contributed by atoms with Crippen molar-refractivity contribution in [1.82, 2.24) is 24.6 Å². The van der Waals surface area contributed by atoms with E-state index < -0.39 is 0 Å². The van der Waals surface area contributed by atoms with E-state index >= 15 is 0 Å². The first-order valence-electron chi connectivity index (χ1n) is 10.8. The topological polar surface area (TPSA) is 84.2 Å². The molecule has 0 radical (unpaired) electrons. The molecule has 0 saturated carbocycles. The van der Waals surface area contributed by atoms with Gasteiger partial charge in [0, 0.05) is 54.7 Å². The van der Waals surface area contributed by atoms with Crippen LogP contribution < -0.4 is 10.6 Å². The number of carbonyl (C=O) groups is 2. The van der Waals surface area contributed by atoms with Crippen molar-refractivity contribution < 1.29 is 9.59 Å². The van der Waals surface area contributed by atoms with E-state index in [9.17, 15) is 9.59 Å². The lowest BCUT2D eigenvalue weighted by Gasteiger charge is -2.19.